The zero-order valence-electron chi connectivity index (χ0n) is 30.7. The first-order valence-corrected chi connectivity index (χ1v) is 23.8. The standard InChI is InChI=1S/C39H68O3Si2/c1-27(16-23-35(40)30-18-19-30)33-21-22-34-29(15-14-24-39(33,34)9)17-20-31-25-32(41-43(10,11)37(3,4)5)26-36(28(31)2)42-44(12,13)38(6,7)8/h16-17,20,23,27,30,32-36,40H,2,14-15,18-19,21-22,24-26H2,1,3-13H3/t27-,32-,33-,34+,35?,36+,39-/m1/s1. The monoisotopic (exact) mass is 640 g/mol. The molecule has 0 spiro atoms. The molecule has 1 N–H and O–H groups in total. The van der Waals surface area contributed by atoms with E-state index in [1.807, 2.05) is 0 Å². The van der Waals surface area contributed by atoms with E-state index >= 15 is 0 Å². The van der Waals surface area contributed by atoms with Crippen molar-refractivity contribution in [2.45, 2.75) is 168 Å². The molecular formula is C39H68O3Si2. The number of fused-ring (bicyclic) bond motifs is 1. The van der Waals surface area contributed by atoms with Crippen LogP contribution in [0.25, 0.3) is 0 Å². The maximum Gasteiger partial charge on any atom is 0.192 e. The maximum atomic E-state index is 10.5. The van der Waals surface area contributed by atoms with Crippen LogP contribution in [0.3, 0.4) is 0 Å². The van der Waals surface area contributed by atoms with Gasteiger partial charge in [-0.1, -0.05) is 91.8 Å². The summed E-state index contributed by atoms with van der Waals surface area (Å²) in [5.74, 6) is 2.35. The molecule has 0 aliphatic heterocycles. The largest absolute Gasteiger partial charge is 0.413 e. The molecule has 3 nitrogen and oxygen atoms in total. The van der Waals surface area contributed by atoms with Crippen LogP contribution < -0.4 is 0 Å². The lowest BCUT2D eigenvalue weighted by Crippen LogP contribution is -2.49. The molecule has 0 radical (unpaired) electrons. The van der Waals surface area contributed by atoms with Crippen LogP contribution in [0, 0.1) is 29.1 Å². The average Bonchev–Trinajstić information content (AvgIpc) is 3.68. The smallest absolute Gasteiger partial charge is 0.192 e. The molecule has 250 valence electrons. The highest BCUT2D eigenvalue weighted by molar-refractivity contribution is 6.74. The van der Waals surface area contributed by atoms with Crippen molar-refractivity contribution in [1.82, 2.24) is 0 Å². The van der Waals surface area contributed by atoms with E-state index < -0.39 is 16.6 Å². The fourth-order valence-corrected chi connectivity index (χ4v) is 10.6. The Labute approximate surface area is 274 Å². The van der Waals surface area contributed by atoms with Gasteiger partial charge in [0.15, 0.2) is 16.6 Å². The second-order valence-electron chi connectivity index (χ2n) is 18.4. The normalized spacial score (nSPS) is 34.2. The molecule has 44 heavy (non-hydrogen) atoms. The highest BCUT2D eigenvalue weighted by Crippen LogP contribution is 2.59. The van der Waals surface area contributed by atoms with Crippen molar-refractivity contribution in [3.8, 4) is 0 Å². The summed E-state index contributed by atoms with van der Waals surface area (Å²) in [6, 6.07) is 0. The molecule has 4 saturated carbocycles. The van der Waals surface area contributed by atoms with Crippen LogP contribution in [0.4, 0.5) is 0 Å². The molecule has 4 aliphatic carbocycles. The Balaban J connectivity index is 1.57. The third-order valence-corrected chi connectivity index (χ3v) is 22.1. The number of hydrogen-bond acceptors (Lipinski definition) is 3. The SMILES string of the molecule is C=C1C(=CC=C2CCC[C@]3(C)[C@@H]([C@H](C)C=CC(O)C4CC4)CC[C@@H]23)C[C@@H](O[Si](C)(C)C(C)(C)C)C[C@@H]1O[Si](C)(C)C(C)(C)C. The lowest BCUT2D eigenvalue weighted by molar-refractivity contribution is 0.0969. The Kier molecular flexibility index (Phi) is 10.7. The summed E-state index contributed by atoms with van der Waals surface area (Å²) in [4.78, 5) is 0. The van der Waals surface area contributed by atoms with Gasteiger partial charge < -0.3 is 14.0 Å². The Bertz CT molecular complexity index is 1130. The van der Waals surface area contributed by atoms with Crippen LogP contribution in [0.5, 0.6) is 0 Å². The zero-order chi connectivity index (χ0) is 32.9. The minimum Gasteiger partial charge on any atom is -0.413 e. The molecular weight excluding hydrogens is 573 g/mol. The van der Waals surface area contributed by atoms with Crippen LogP contribution in [-0.2, 0) is 8.85 Å². The quantitative estimate of drug-likeness (QED) is 0.201. The zero-order valence-corrected chi connectivity index (χ0v) is 32.7. The van der Waals surface area contributed by atoms with Crippen LogP contribution in [0.1, 0.15) is 113 Å². The fraction of sp³-hybridized carbons (Fsp3) is 0.795. The number of aliphatic hydroxyl groups is 1. The van der Waals surface area contributed by atoms with Gasteiger partial charge in [-0.25, -0.2) is 0 Å². The molecule has 0 aromatic rings. The molecule has 4 fully saturated rings. The highest BCUT2D eigenvalue weighted by Gasteiger charge is 2.50. The van der Waals surface area contributed by atoms with Crippen molar-refractivity contribution >= 4 is 16.6 Å². The summed E-state index contributed by atoms with van der Waals surface area (Å²) in [7, 11) is -3.90. The van der Waals surface area contributed by atoms with Gasteiger partial charge in [0.05, 0.1) is 18.3 Å². The predicted octanol–water partition coefficient (Wildman–Crippen LogP) is 11.1. The van der Waals surface area contributed by atoms with Gasteiger partial charge in [0.2, 0.25) is 0 Å². The first-order chi connectivity index (χ1) is 20.2. The minimum atomic E-state index is -1.98. The topological polar surface area (TPSA) is 38.7 Å². The van der Waals surface area contributed by atoms with Crippen molar-refractivity contribution < 1.29 is 14.0 Å². The fourth-order valence-electron chi connectivity index (χ4n) is 7.93. The molecule has 5 heteroatoms. The Morgan fingerprint density at radius 3 is 2.11 bits per heavy atom. The molecule has 0 amide bonds. The second-order valence-corrected chi connectivity index (χ2v) is 27.9. The van der Waals surface area contributed by atoms with Gasteiger partial charge in [0.1, 0.15) is 0 Å². The summed E-state index contributed by atoms with van der Waals surface area (Å²) < 4.78 is 14.2. The third kappa shape index (κ3) is 7.86. The van der Waals surface area contributed by atoms with Crippen molar-refractivity contribution in [1.29, 1.82) is 0 Å². The van der Waals surface area contributed by atoms with E-state index in [1.54, 1.807) is 5.57 Å². The molecule has 0 aromatic heterocycles. The molecule has 0 aromatic carbocycles. The number of hydrogen-bond donors (Lipinski definition) is 1. The minimum absolute atomic E-state index is 0.0233. The van der Waals surface area contributed by atoms with Gasteiger partial charge in [0.25, 0.3) is 0 Å². The molecule has 0 saturated heterocycles. The van der Waals surface area contributed by atoms with Gasteiger partial charge in [-0.05, 0) is 128 Å². The summed E-state index contributed by atoms with van der Waals surface area (Å²) in [5, 5.41) is 10.8. The third-order valence-electron chi connectivity index (χ3n) is 13.1. The van der Waals surface area contributed by atoms with E-state index in [-0.39, 0.29) is 28.4 Å². The summed E-state index contributed by atoms with van der Waals surface area (Å²) in [6.07, 6.45) is 19.9. The van der Waals surface area contributed by atoms with E-state index in [9.17, 15) is 5.11 Å². The van der Waals surface area contributed by atoms with E-state index in [4.69, 9.17) is 8.85 Å². The average molecular weight is 641 g/mol. The highest BCUT2D eigenvalue weighted by atomic mass is 28.4. The first kappa shape index (κ1) is 36.1. The maximum absolute atomic E-state index is 10.5. The lowest BCUT2D eigenvalue weighted by Gasteiger charge is -2.45. The van der Waals surface area contributed by atoms with E-state index in [1.165, 1.54) is 56.1 Å². The van der Waals surface area contributed by atoms with Crippen molar-refractivity contribution in [2.24, 2.45) is 29.1 Å². The lowest BCUT2D eigenvalue weighted by atomic mass is 9.61. The van der Waals surface area contributed by atoms with Gasteiger partial charge in [-0.3, -0.25) is 0 Å². The number of aliphatic hydroxyl groups excluding tert-OH is 1. The van der Waals surface area contributed by atoms with Gasteiger partial charge in [-0.2, -0.15) is 0 Å². The van der Waals surface area contributed by atoms with Crippen LogP contribution in [0.2, 0.25) is 36.3 Å². The van der Waals surface area contributed by atoms with Gasteiger partial charge in [-0.15, -0.1) is 0 Å². The summed E-state index contributed by atoms with van der Waals surface area (Å²) in [6.45, 7) is 33.2. The number of rotatable bonds is 9. The first-order valence-electron chi connectivity index (χ1n) is 18.0. The summed E-state index contributed by atoms with van der Waals surface area (Å²) >= 11 is 0. The van der Waals surface area contributed by atoms with E-state index in [0.29, 0.717) is 29.1 Å². The summed E-state index contributed by atoms with van der Waals surface area (Å²) in [5.41, 5.74) is 4.49. The number of allylic oxidation sites excluding steroid dienone is 4. The Morgan fingerprint density at radius 1 is 0.909 bits per heavy atom. The van der Waals surface area contributed by atoms with E-state index in [0.717, 1.165) is 12.8 Å². The molecule has 4 rings (SSSR count). The molecule has 0 heterocycles. The van der Waals surface area contributed by atoms with Crippen LogP contribution in [-0.4, -0.2) is 40.1 Å². The van der Waals surface area contributed by atoms with E-state index in [2.05, 4.69) is 112 Å². The van der Waals surface area contributed by atoms with Crippen molar-refractivity contribution in [3.63, 3.8) is 0 Å². The Hall–Kier alpha value is -0.726. The molecule has 7 atom stereocenters. The second kappa shape index (κ2) is 13.1. The molecule has 1 unspecified atom stereocenters. The molecule has 4 aliphatic rings. The van der Waals surface area contributed by atoms with Crippen LogP contribution in [0.15, 0.2) is 47.6 Å². The van der Waals surface area contributed by atoms with Crippen molar-refractivity contribution in [3.05, 3.63) is 47.6 Å². The predicted molar refractivity (Wildman–Crippen MR) is 194 cm³/mol. The van der Waals surface area contributed by atoms with Gasteiger partial charge >= 0.3 is 0 Å². The Morgan fingerprint density at radius 2 is 1.52 bits per heavy atom. The van der Waals surface area contributed by atoms with Crippen molar-refractivity contribution in [2.75, 3.05) is 0 Å². The van der Waals surface area contributed by atoms with Crippen LogP contribution >= 0.6 is 0 Å². The van der Waals surface area contributed by atoms with Gasteiger partial charge in [0, 0.05) is 6.42 Å². The molecule has 0 bridgehead atoms.